The highest BCUT2D eigenvalue weighted by Crippen LogP contribution is 2.26. The van der Waals surface area contributed by atoms with Crippen LogP contribution in [0.2, 0.25) is 0 Å². The van der Waals surface area contributed by atoms with Gasteiger partial charge < -0.3 is 5.11 Å². The number of hydrogen-bond acceptors (Lipinski definition) is 2. The van der Waals surface area contributed by atoms with Crippen LogP contribution in [-0.4, -0.2) is 35.2 Å². The standard InChI is InChI=1S/C14H27NO/c1-12-7-6-10-15(11-12)13-8-4-2-3-5-9-14(13)16/h12-14,16H,2-11H2,1H3. The molecule has 0 radical (unpaired) electrons. The van der Waals surface area contributed by atoms with E-state index >= 15 is 0 Å². The molecule has 1 N–H and O–H groups in total. The number of hydrogen-bond donors (Lipinski definition) is 1. The Bertz CT molecular complexity index is 207. The normalized spacial score (nSPS) is 39.0. The summed E-state index contributed by atoms with van der Waals surface area (Å²) >= 11 is 0. The summed E-state index contributed by atoms with van der Waals surface area (Å²) < 4.78 is 0. The summed E-state index contributed by atoms with van der Waals surface area (Å²) in [4.78, 5) is 2.57. The molecule has 94 valence electrons. The first kappa shape index (κ1) is 12.4. The third-order valence-electron chi connectivity index (χ3n) is 4.35. The van der Waals surface area contributed by atoms with E-state index in [0.717, 1.165) is 12.3 Å². The van der Waals surface area contributed by atoms with Gasteiger partial charge in [-0.2, -0.15) is 0 Å². The minimum atomic E-state index is -0.0643. The van der Waals surface area contributed by atoms with Crippen molar-refractivity contribution in [3.8, 4) is 0 Å². The molecule has 0 amide bonds. The van der Waals surface area contributed by atoms with Gasteiger partial charge in [-0.15, -0.1) is 0 Å². The zero-order valence-corrected chi connectivity index (χ0v) is 10.7. The Balaban J connectivity index is 1.92. The van der Waals surface area contributed by atoms with E-state index in [-0.39, 0.29) is 6.10 Å². The summed E-state index contributed by atoms with van der Waals surface area (Å²) in [5.41, 5.74) is 0. The molecule has 0 spiro atoms. The van der Waals surface area contributed by atoms with Crippen molar-refractivity contribution in [2.45, 2.75) is 70.4 Å². The Morgan fingerprint density at radius 1 is 0.938 bits per heavy atom. The summed E-state index contributed by atoms with van der Waals surface area (Å²) in [6.07, 6.45) is 10.1. The third kappa shape index (κ3) is 3.21. The number of aliphatic hydroxyl groups excluding tert-OH is 1. The number of nitrogens with zero attached hydrogens (tertiary/aromatic N) is 1. The van der Waals surface area contributed by atoms with Gasteiger partial charge in [0.2, 0.25) is 0 Å². The maximum atomic E-state index is 10.3. The Labute approximate surface area is 100 Å². The molecule has 0 bridgehead atoms. The molecule has 2 aliphatic rings. The fourth-order valence-corrected chi connectivity index (χ4v) is 3.40. The zero-order valence-electron chi connectivity index (χ0n) is 10.7. The molecule has 0 aromatic rings. The molecule has 0 aromatic heterocycles. The lowest BCUT2D eigenvalue weighted by Crippen LogP contribution is -2.48. The highest BCUT2D eigenvalue weighted by atomic mass is 16.3. The maximum absolute atomic E-state index is 10.3. The summed E-state index contributed by atoms with van der Waals surface area (Å²) in [7, 11) is 0. The summed E-state index contributed by atoms with van der Waals surface area (Å²) in [5, 5.41) is 10.3. The predicted octanol–water partition coefficient (Wildman–Crippen LogP) is 2.80. The molecule has 2 nitrogen and oxygen atoms in total. The number of rotatable bonds is 1. The molecular weight excluding hydrogens is 198 g/mol. The van der Waals surface area contributed by atoms with Crippen LogP contribution in [0.25, 0.3) is 0 Å². The van der Waals surface area contributed by atoms with Gasteiger partial charge in [-0.3, -0.25) is 4.90 Å². The Kier molecular flexibility index (Phi) is 4.66. The van der Waals surface area contributed by atoms with Crippen LogP contribution >= 0.6 is 0 Å². The van der Waals surface area contributed by atoms with Crippen molar-refractivity contribution in [3.63, 3.8) is 0 Å². The predicted molar refractivity (Wildman–Crippen MR) is 67.5 cm³/mol. The molecule has 2 heteroatoms. The van der Waals surface area contributed by atoms with Crippen molar-refractivity contribution in [3.05, 3.63) is 0 Å². The molecule has 1 saturated carbocycles. The number of piperidine rings is 1. The molecule has 1 saturated heterocycles. The lowest BCUT2D eigenvalue weighted by Gasteiger charge is -2.40. The van der Waals surface area contributed by atoms with Gasteiger partial charge in [0.25, 0.3) is 0 Å². The summed E-state index contributed by atoms with van der Waals surface area (Å²) in [6, 6.07) is 0.461. The Hall–Kier alpha value is -0.0800. The van der Waals surface area contributed by atoms with Crippen LogP contribution < -0.4 is 0 Å². The minimum Gasteiger partial charge on any atom is -0.391 e. The van der Waals surface area contributed by atoms with Crippen LogP contribution in [0.15, 0.2) is 0 Å². The zero-order chi connectivity index (χ0) is 11.4. The highest BCUT2D eigenvalue weighted by molar-refractivity contribution is 4.84. The first-order valence-electron chi connectivity index (χ1n) is 7.19. The van der Waals surface area contributed by atoms with Gasteiger partial charge in [-0.1, -0.05) is 32.6 Å². The third-order valence-corrected chi connectivity index (χ3v) is 4.35. The quantitative estimate of drug-likeness (QED) is 0.742. The van der Waals surface area contributed by atoms with E-state index in [9.17, 15) is 5.11 Å². The SMILES string of the molecule is CC1CCCN(C2CCCCCCC2O)C1. The maximum Gasteiger partial charge on any atom is 0.0695 e. The van der Waals surface area contributed by atoms with Gasteiger partial charge in [0.05, 0.1) is 6.10 Å². The van der Waals surface area contributed by atoms with Crippen LogP contribution in [0.3, 0.4) is 0 Å². The summed E-state index contributed by atoms with van der Waals surface area (Å²) in [6.45, 7) is 4.77. The molecule has 3 atom stereocenters. The molecule has 2 rings (SSSR count). The van der Waals surface area contributed by atoms with Crippen molar-refractivity contribution in [2.24, 2.45) is 5.92 Å². The van der Waals surface area contributed by atoms with Crippen molar-refractivity contribution in [1.29, 1.82) is 0 Å². The van der Waals surface area contributed by atoms with E-state index in [1.165, 1.54) is 58.0 Å². The average molecular weight is 225 g/mol. The summed E-state index contributed by atoms with van der Waals surface area (Å²) in [5.74, 6) is 0.825. The fraction of sp³-hybridized carbons (Fsp3) is 1.00. The van der Waals surface area contributed by atoms with E-state index in [4.69, 9.17) is 0 Å². The monoisotopic (exact) mass is 225 g/mol. The van der Waals surface area contributed by atoms with Gasteiger partial charge in [0.1, 0.15) is 0 Å². The molecule has 1 heterocycles. The molecule has 16 heavy (non-hydrogen) atoms. The van der Waals surface area contributed by atoms with Gasteiger partial charge in [0, 0.05) is 12.6 Å². The van der Waals surface area contributed by atoms with E-state index in [0.29, 0.717) is 6.04 Å². The van der Waals surface area contributed by atoms with Crippen LogP contribution in [-0.2, 0) is 0 Å². The molecule has 1 aliphatic carbocycles. The molecule has 0 aromatic carbocycles. The topological polar surface area (TPSA) is 23.5 Å². The second kappa shape index (κ2) is 6.02. The van der Waals surface area contributed by atoms with Crippen LogP contribution in [0.4, 0.5) is 0 Å². The van der Waals surface area contributed by atoms with Crippen molar-refractivity contribution in [1.82, 2.24) is 4.90 Å². The van der Waals surface area contributed by atoms with E-state index in [2.05, 4.69) is 11.8 Å². The smallest absolute Gasteiger partial charge is 0.0695 e. The first-order valence-corrected chi connectivity index (χ1v) is 7.19. The molecular formula is C14H27NO. The lowest BCUT2D eigenvalue weighted by molar-refractivity contribution is 0.0122. The number of aliphatic hydroxyl groups is 1. The highest BCUT2D eigenvalue weighted by Gasteiger charge is 2.29. The minimum absolute atomic E-state index is 0.0643. The van der Waals surface area contributed by atoms with Crippen LogP contribution in [0.5, 0.6) is 0 Å². The first-order chi connectivity index (χ1) is 7.77. The van der Waals surface area contributed by atoms with Gasteiger partial charge in [-0.05, 0) is 38.1 Å². The molecule has 2 fully saturated rings. The van der Waals surface area contributed by atoms with Crippen molar-refractivity contribution in [2.75, 3.05) is 13.1 Å². The van der Waals surface area contributed by atoms with Crippen molar-refractivity contribution >= 4 is 0 Å². The second-order valence-electron chi connectivity index (χ2n) is 5.87. The number of likely N-dealkylation sites (tertiary alicyclic amines) is 1. The fourth-order valence-electron chi connectivity index (χ4n) is 3.40. The van der Waals surface area contributed by atoms with E-state index < -0.39 is 0 Å². The van der Waals surface area contributed by atoms with Crippen LogP contribution in [0.1, 0.15) is 58.3 Å². The van der Waals surface area contributed by atoms with E-state index in [1.54, 1.807) is 0 Å². The second-order valence-corrected chi connectivity index (χ2v) is 5.87. The largest absolute Gasteiger partial charge is 0.391 e. The van der Waals surface area contributed by atoms with Crippen molar-refractivity contribution < 1.29 is 5.11 Å². The van der Waals surface area contributed by atoms with Gasteiger partial charge >= 0.3 is 0 Å². The van der Waals surface area contributed by atoms with Gasteiger partial charge in [-0.25, -0.2) is 0 Å². The molecule has 3 unspecified atom stereocenters. The van der Waals surface area contributed by atoms with Crippen LogP contribution in [0, 0.1) is 5.92 Å². The lowest BCUT2D eigenvalue weighted by atomic mass is 9.90. The van der Waals surface area contributed by atoms with Gasteiger partial charge in [0.15, 0.2) is 0 Å². The Morgan fingerprint density at radius 3 is 2.44 bits per heavy atom. The average Bonchev–Trinajstić information content (AvgIpc) is 2.24. The van der Waals surface area contributed by atoms with E-state index in [1.807, 2.05) is 0 Å². The molecule has 1 aliphatic heterocycles. The Morgan fingerprint density at radius 2 is 1.69 bits per heavy atom.